The first-order valence-electron chi connectivity index (χ1n) is 13.5. The lowest BCUT2D eigenvalue weighted by Crippen LogP contribution is -2.54. The van der Waals surface area contributed by atoms with E-state index in [1.807, 2.05) is 55.5 Å². The molecule has 40 heavy (non-hydrogen) atoms. The molecule has 3 aromatic carbocycles. The summed E-state index contributed by atoms with van der Waals surface area (Å²) in [6, 6.07) is 20.4. The molecule has 4 N–H and O–H groups in total. The van der Waals surface area contributed by atoms with Crippen LogP contribution in [0, 0.1) is 5.92 Å². The number of hydrogen-bond donors (Lipinski definition) is 4. The van der Waals surface area contributed by atoms with Crippen molar-refractivity contribution >= 4 is 35.0 Å². The number of ether oxygens (including phenoxy) is 2. The lowest BCUT2D eigenvalue weighted by atomic mass is 9.90. The molecule has 0 unspecified atom stereocenters. The van der Waals surface area contributed by atoms with Gasteiger partial charge in [-0.2, -0.15) is 0 Å². The van der Waals surface area contributed by atoms with Gasteiger partial charge in [0, 0.05) is 39.3 Å². The van der Waals surface area contributed by atoms with Gasteiger partial charge in [0.2, 0.25) is 5.91 Å². The minimum Gasteiger partial charge on any atom is -0.494 e. The van der Waals surface area contributed by atoms with Crippen molar-refractivity contribution in [2.24, 2.45) is 5.92 Å². The minimum atomic E-state index is -1.80. The predicted octanol–water partition coefficient (Wildman–Crippen LogP) is 5.13. The first-order valence-corrected chi connectivity index (χ1v) is 14.9. The zero-order valence-electron chi connectivity index (χ0n) is 22.3. The van der Waals surface area contributed by atoms with E-state index < -0.39 is 24.1 Å². The van der Waals surface area contributed by atoms with E-state index in [4.69, 9.17) is 21.1 Å². The maximum atomic E-state index is 12.1. The van der Waals surface area contributed by atoms with Crippen LogP contribution in [0.25, 0.3) is 0 Å². The summed E-state index contributed by atoms with van der Waals surface area (Å²) in [6.07, 6.45) is -0.971. The van der Waals surface area contributed by atoms with Gasteiger partial charge in [-0.3, -0.25) is 4.79 Å². The molecule has 1 heterocycles. The molecule has 1 saturated carbocycles. The molecule has 2 fully saturated rings. The fraction of sp³-hybridized carbons (Fsp3) is 0.387. The number of amides is 1. The maximum absolute atomic E-state index is 12.1. The molecule has 9 heteroatoms. The normalized spacial score (nSPS) is 24.5. The summed E-state index contributed by atoms with van der Waals surface area (Å²) < 4.78 is 11.6. The highest BCUT2D eigenvalue weighted by atomic mass is 35.5. The van der Waals surface area contributed by atoms with Crippen LogP contribution in [0.1, 0.15) is 42.9 Å². The monoisotopic (exact) mass is 583 g/mol. The highest BCUT2D eigenvalue weighted by Gasteiger charge is 2.46. The number of rotatable bonds is 10. The maximum Gasteiger partial charge on any atom is 0.227 e. The summed E-state index contributed by atoms with van der Waals surface area (Å²) in [4.78, 5) is 13.0. The number of anilines is 1. The number of halogens is 1. The summed E-state index contributed by atoms with van der Waals surface area (Å²) in [5.41, 5.74) is 3.00. The third-order valence-electron chi connectivity index (χ3n) is 7.20. The van der Waals surface area contributed by atoms with E-state index in [0.717, 1.165) is 34.6 Å². The van der Waals surface area contributed by atoms with Gasteiger partial charge < -0.3 is 30.1 Å². The molecule has 1 aliphatic carbocycles. The van der Waals surface area contributed by atoms with Crippen LogP contribution in [0.2, 0.25) is 5.02 Å². The van der Waals surface area contributed by atoms with Gasteiger partial charge in [0.1, 0.15) is 11.9 Å². The van der Waals surface area contributed by atoms with Crippen molar-refractivity contribution in [1.82, 2.24) is 0 Å². The average Bonchev–Trinajstić information content (AvgIpc) is 3.79. The van der Waals surface area contributed by atoms with Gasteiger partial charge in [0.15, 0.2) is 5.79 Å². The Morgan fingerprint density at radius 2 is 1.90 bits per heavy atom. The van der Waals surface area contributed by atoms with E-state index in [1.54, 1.807) is 18.2 Å². The largest absolute Gasteiger partial charge is 0.494 e. The topological polar surface area (TPSA) is 108 Å². The molecule has 3 aromatic rings. The summed E-state index contributed by atoms with van der Waals surface area (Å²) in [5, 5.41) is 36.4. The van der Waals surface area contributed by atoms with Crippen LogP contribution in [0.5, 0.6) is 5.75 Å². The molecular weight excluding hydrogens is 550 g/mol. The fourth-order valence-corrected chi connectivity index (χ4v) is 6.01. The Morgan fingerprint density at radius 3 is 2.62 bits per heavy atom. The molecule has 5 rings (SSSR count). The van der Waals surface area contributed by atoms with Crippen LogP contribution in [0.15, 0.2) is 71.6 Å². The van der Waals surface area contributed by atoms with Crippen LogP contribution in [0.4, 0.5) is 5.69 Å². The molecule has 2 aliphatic rings. The Bertz CT molecular complexity index is 1330. The number of carbonyl (C=O) groups excluding carboxylic acids is 1. The molecule has 7 nitrogen and oxygen atoms in total. The number of thioether (sulfide) groups is 1. The van der Waals surface area contributed by atoms with E-state index in [-0.39, 0.29) is 24.0 Å². The summed E-state index contributed by atoms with van der Waals surface area (Å²) in [7, 11) is 0. The van der Waals surface area contributed by atoms with Gasteiger partial charge in [0.05, 0.1) is 18.8 Å². The van der Waals surface area contributed by atoms with Crippen LogP contribution < -0.4 is 10.1 Å². The van der Waals surface area contributed by atoms with Crippen molar-refractivity contribution < 1.29 is 29.6 Å². The molecule has 1 aliphatic heterocycles. The van der Waals surface area contributed by atoms with Crippen molar-refractivity contribution in [2.45, 2.75) is 61.6 Å². The van der Waals surface area contributed by atoms with Gasteiger partial charge >= 0.3 is 0 Å². The highest BCUT2D eigenvalue weighted by Crippen LogP contribution is 2.39. The number of carbonyl (C=O) groups is 1. The van der Waals surface area contributed by atoms with Gasteiger partial charge in [0.25, 0.3) is 0 Å². The van der Waals surface area contributed by atoms with Gasteiger partial charge in [-0.25, -0.2) is 0 Å². The molecule has 0 aromatic heterocycles. The number of aliphatic hydroxyl groups is 3. The van der Waals surface area contributed by atoms with Crippen LogP contribution >= 0.6 is 23.4 Å². The Balaban J connectivity index is 1.28. The Labute approximate surface area is 243 Å². The van der Waals surface area contributed by atoms with Crippen molar-refractivity contribution in [3.63, 3.8) is 0 Å². The number of hydrogen-bond acceptors (Lipinski definition) is 7. The van der Waals surface area contributed by atoms with Crippen LogP contribution in [-0.4, -0.2) is 51.9 Å². The van der Waals surface area contributed by atoms with Crippen LogP contribution in [0.3, 0.4) is 0 Å². The van der Waals surface area contributed by atoms with Crippen molar-refractivity contribution in [1.29, 1.82) is 0 Å². The quantitative estimate of drug-likeness (QED) is 0.245. The second kappa shape index (κ2) is 12.5. The predicted molar refractivity (Wildman–Crippen MR) is 156 cm³/mol. The van der Waals surface area contributed by atoms with E-state index in [0.29, 0.717) is 29.3 Å². The molecule has 1 amide bonds. The van der Waals surface area contributed by atoms with Gasteiger partial charge in [-0.15, -0.1) is 11.8 Å². The van der Waals surface area contributed by atoms with E-state index in [2.05, 4.69) is 5.32 Å². The van der Waals surface area contributed by atoms with E-state index >= 15 is 0 Å². The lowest BCUT2D eigenvalue weighted by Gasteiger charge is -2.42. The van der Waals surface area contributed by atoms with Crippen molar-refractivity contribution in [3.05, 3.63) is 88.4 Å². The highest BCUT2D eigenvalue weighted by molar-refractivity contribution is 7.99. The first kappa shape index (κ1) is 28.9. The first-order chi connectivity index (χ1) is 19.2. The van der Waals surface area contributed by atoms with Crippen molar-refractivity contribution in [3.8, 4) is 5.75 Å². The zero-order chi connectivity index (χ0) is 28.3. The summed E-state index contributed by atoms with van der Waals surface area (Å²) in [6.45, 7) is 2.53. The molecule has 1 saturated heterocycles. The van der Waals surface area contributed by atoms with Gasteiger partial charge in [-0.05, 0) is 79.8 Å². The number of nitrogens with one attached hydrogen (secondary N) is 1. The molecular formula is C31H34ClNO6S. The van der Waals surface area contributed by atoms with Gasteiger partial charge in [-0.1, -0.05) is 35.9 Å². The molecule has 4 atom stereocenters. The second-order valence-corrected chi connectivity index (χ2v) is 11.9. The Morgan fingerprint density at radius 1 is 1.12 bits per heavy atom. The Kier molecular flexibility index (Phi) is 9.05. The Hall–Kier alpha value is -2.59. The van der Waals surface area contributed by atoms with Crippen LogP contribution in [-0.2, 0) is 21.7 Å². The molecule has 0 bridgehead atoms. The SMILES string of the molecule is CCOc1ccc(Cc2cc([C@]3(O)C[C@@H](O)[C@H](O)[C@@H](CSc4cccc(NC(=O)C5CC5)c4)O3)ccc2Cl)cc1. The van der Waals surface area contributed by atoms with E-state index in [1.165, 1.54) is 11.8 Å². The second-order valence-electron chi connectivity index (χ2n) is 10.4. The van der Waals surface area contributed by atoms with Crippen molar-refractivity contribution in [2.75, 3.05) is 17.7 Å². The molecule has 0 radical (unpaired) electrons. The third kappa shape index (κ3) is 7.00. The minimum absolute atomic E-state index is 0.0335. The number of benzene rings is 3. The molecule has 0 spiro atoms. The zero-order valence-corrected chi connectivity index (χ0v) is 23.8. The standard InChI is InChI=1S/C31H34ClNO6S/c1-2-38-24-11-6-19(7-12-24)14-21-15-22(10-13-26(21)32)31(37)17-27(34)29(35)28(39-31)18-40-25-5-3-4-23(16-25)33-30(36)20-8-9-20/h3-7,10-13,15-16,20,27-29,34-35,37H,2,8-9,14,17-18H2,1H3,(H,33,36)/t27-,28-,29+,31+/m1/s1. The lowest BCUT2D eigenvalue weighted by molar-refractivity contribution is -0.303. The molecule has 212 valence electrons. The van der Waals surface area contributed by atoms with E-state index in [9.17, 15) is 20.1 Å². The summed E-state index contributed by atoms with van der Waals surface area (Å²) in [5.74, 6) is -0.584. The fourth-order valence-electron chi connectivity index (χ4n) is 4.81. The number of aliphatic hydroxyl groups excluding tert-OH is 2. The average molecular weight is 584 g/mol. The summed E-state index contributed by atoms with van der Waals surface area (Å²) >= 11 is 7.92. The third-order valence-corrected chi connectivity index (χ3v) is 8.65. The smallest absolute Gasteiger partial charge is 0.227 e.